The SMILES string of the molecule is CC1SCCN(C(=O)C2(C(N)=NO)CC2)C1C. The number of hydrogen-bond acceptors (Lipinski definition) is 4. The molecule has 1 amide bonds. The highest BCUT2D eigenvalue weighted by Gasteiger charge is 2.56. The maximum absolute atomic E-state index is 12.5. The molecule has 2 aliphatic rings. The highest BCUT2D eigenvalue weighted by atomic mass is 32.2. The van der Waals surface area contributed by atoms with Crippen molar-refractivity contribution in [3.05, 3.63) is 0 Å². The molecule has 0 aromatic heterocycles. The Balaban J connectivity index is 2.15. The lowest BCUT2D eigenvalue weighted by atomic mass is 10.0. The number of nitrogens with zero attached hydrogens (tertiary/aromatic N) is 2. The number of amides is 1. The fraction of sp³-hybridized carbons (Fsp3) is 0.818. The second kappa shape index (κ2) is 4.40. The predicted molar refractivity (Wildman–Crippen MR) is 68.2 cm³/mol. The van der Waals surface area contributed by atoms with Crippen LogP contribution in [0.15, 0.2) is 5.16 Å². The quantitative estimate of drug-likeness (QED) is 0.333. The Labute approximate surface area is 105 Å². The lowest BCUT2D eigenvalue weighted by Crippen LogP contribution is -2.53. The zero-order valence-electron chi connectivity index (χ0n) is 10.2. The fourth-order valence-electron chi connectivity index (χ4n) is 2.29. The normalized spacial score (nSPS) is 32.4. The van der Waals surface area contributed by atoms with Gasteiger partial charge in [-0.15, -0.1) is 0 Å². The monoisotopic (exact) mass is 257 g/mol. The largest absolute Gasteiger partial charge is 0.409 e. The summed E-state index contributed by atoms with van der Waals surface area (Å²) in [5.74, 6) is 1.07. The van der Waals surface area contributed by atoms with Gasteiger partial charge in [0, 0.05) is 23.6 Å². The number of hydrogen-bond donors (Lipinski definition) is 2. The van der Waals surface area contributed by atoms with Crippen LogP contribution in [0.4, 0.5) is 0 Å². The Morgan fingerprint density at radius 3 is 2.71 bits per heavy atom. The summed E-state index contributed by atoms with van der Waals surface area (Å²) in [5, 5.41) is 12.2. The Morgan fingerprint density at radius 2 is 2.18 bits per heavy atom. The summed E-state index contributed by atoms with van der Waals surface area (Å²) in [4.78, 5) is 14.4. The van der Waals surface area contributed by atoms with E-state index in [0.29, 0.717) is 18.1 Å². The average molecular weight is 257 g/mol. The van der Waals surface area contributed by atoms with E-state index in [-0.39, 0.29) is 17.8 Å². The van der Waals surface area contributed by atoms with Gasteiger partial charge in [-0.3, -0.25) is 4.79 Å². The summed E-state index contributed by atoms with van der Waals surface area (Å²) in [6.45, 7) is 4.96. The van der Waals surface area contributed by atoms with E-state index in [1.807, 2.05) is 16.7 Å². The van der Waals surface area contributed by atoms with Gasteiger partial charge in [0.2, 0.25) is 5.91 Å². The Kier molecular flexibility index (Phi) is 3.25. The van der Waals surface area contributed by atoms with Crippen molar-refractivity contribution in [2.24, 2.45) is 16.3 Å². The summed E-state index contributed by atoms with van der Waals surface area (Å²) in [6, 6.07) is 0.213. The molecular weight excluding hydrogens is 238 g/mol. The van der Waals surface area contributed by atoms with Gasteiger partial charge < -0.3 is 15.8 Å². The molecule has 2 rings (SSSR count). The number of carbonyl (C=O) groups is 1. The van der Waals surface area contributed by atoms with Crippen LogP contribution < -0.4 is 5.73 Å². The topological polar surface area (TPSA) is 78.9 Å². The molecule has 1 saturated heterocycles. The first kappa shape index (κ1) is 12.5. The number of rotatable bonds is 2. The first-order valence-corrected chi connectivity index (χ1v) is 6.98. The van der Waals surface area contributed by atoms with E-state index in [9.17, 15) is 4.79 Å². The Morgan fingerprint density at radius 1 is 1.53 bits per heavy atom. The maximum Gasteiger partial charge on any atom is 0.236 e. The minimum Gasteiger partial charge on any atom is -0.409 e. The van der Waals surface area contributed by atoms with Gasteiger partial charge in [-0.2, -0.15) is 11.8 Å². The zero-order valence-corrected chi connectivity index (χ0v) is 11.0. The van der Waals surface area contributed by atoms with Crippen LogP contribution in [0, 0.1) is 5.41 Å². The molecule has 0 aromatic carbocycles. The van der Waals surface area contributed by atoms with Crippen LogP contribution in [0.2, 0.25) is 0 Å². The lowest BCUT2D eigenvalue weighted by Gasteiger charge is -2.39. The maximum atomic E-state index is 12.5. The average Bonchev–Trinajstić information content (AvgIpc) is 3.12. The van der Waals surface area contributed by atoms with E-state index in [0.717, 1.165) is 12.3 Å². The van der Waals surface area contributed by atoms with E-state index in [4.69, 9.17) is 10.9 Å². The van der Waals surface area contributed by atoms with Gasteiger partial charge >= 0.3 is 0 Å². The summed E-state index contributed by atoms with van der Waals surface area (Å²) in [7, 11) is 0. The summed E-state index contributed by atoms with van der Waals surface area (Å²) in [5.41, 5.74) is 4.94. The van der Waals surface area contributed by atoms with Crippen LogP contribution >= 0.6 is 11.8 Å². The number of thioether (sulfide) groups is 1. The lowest BCUT2D eigenvalue weighted by molar-refractivity contribution is -0.136. The zero-order chi connectivity index (χ0) is 12.6. The van der Waals surface area contributed by atoms with Crippen LogP contribution in [0.3, 0.4) is 0 Å². The Hall–Kier alpha value is -0.910. The van der Waals surface area contributed by atoms with Crippen molar-refractivity contribution in [1.29, 1.82) is 0 Å². The fourth-order valence-corrected chi connectivity index (χ4v) is 3.39. The number of oxime groups is 1. The molecule has 1 saturated carbocycles. The van der Waals surface area contributed by atoms with E-state index in [1.165, 1.54) is 0 Å². The molecule has 2 fully saturated rings. The van der Waals surface area contributed by atoms with Crippen LogP contribution in [0.25, 0.3) is 0 Å². The molecule has 5 nitrogen and oxygen atoms in total. The highest BCUT2D eigenvalue weighted by Crippen LogP contribution is 2.48. The van der Waals surface area contributed by atoms with Crippen molar-refractivity contribution in [3.63, 3.8) is 0 Å². The molecule has 96 valence electrons. The van der Waals surface area contributed by atoms with Gasteiger partial charge in [-0.05, 0) is 19.8 Å². The molecule has 2 atom stereocenters. The van der Waals surface area contributed by atoms with Crippen molar-refractivity contribution < 1.29 is 10.0 Å². The van der Waals surface area contributed by atoms with Gasteiger partial charge in [-0.25, -0.2) is 0 Å². The molecule has 1 aliphatic carbocycles. The van der Waals surface area contributed by atoms with E-state index >= 15 is 0 Å². The van der Waals surface area contributed by atoms with Gasteiger partial charge in [0.15, 0.2) is 5.84 Å². The third-order valence-corrected chi connectivity index (χ3v) is 5.24. The van der Waals surface area contributed by atoms with Crippen LogP contribution in [-0.2, 0) is 4.79 Å². The first-order chi connectivity index (χ1) is 8.03. The molecular formula is C11H19N3O2S. The Bertz CT molecular complexity index is 355. The summed E-state index contributed by atoms with van der Waals surface area (Å²) in [6.07, 6.45) is 1.40. The van der Waals surface area contributed by atoms with Gasteiger partial charge in [-0.1, -0.05) is 12.1 Å². The van der Waals surface area contributed by atoms with E-state index in [1.54, 1.807) is 0 Å². The van der Waals surface area contributed by atoms with Crippen molar-refractivity contribution in [1.82, 2.24) is 4.90 Å². The third-order valence-electron chi connectivity index (χ3n) is 3.90. The minimum absolute atomic E-state index is 0.0347. The number of carbonyl (C=O) groups excluding carboxylic acids is 1. The van der Waals surface area contributed by atoms with E-state index < -0.39 is 5.41 Å². The molecule has 0 radical (unpaired) electrons. The molecule has 6 heteroatoms. The second-order valence-electron chi connectivity index (χ2n) is 4.88. The van der Waals surface area contributed by atoms with E-state index in [2.05, 4.69) is 19.0 Å². The summed E-state index contributed by atoms with van der Waals surface area (Å²) < 4.78 is 0. The molecule has 1 heterocycles. The smallest absolute Gasteiger partial charge is 0.236 e. The third kappa shape index (κ3) is 1.99. The van der Waals surface area contributed by atoms with Crippen molar-refractivity contribution >= 4 is 23.5 Å². The second-order valence-corrected chi connectivity index (χ2v) is 6.37. The van der Waals surface area contributed by atoms with Crippen LogP contribution in [0.5, 0.6) is 0 Å². The molecule has 0 spiro atoms. The van der Waals surface area contributed by atoms with Gasteiger partial charge in [0.1, 0.15) is 5.41 Å². The van der Waals surface area contributed by atoms with Crippen LogP contribution in [0.1, 0.15) is 26.7 Å². The molecule has 1 aliphatic heterocycles. The molecule has 2 unspecified atom stereocenters. The van der Waals surface area contributed by atoms with Gasteiger partial charge in [0.25, 0.3) is 0 Å². The minimum atomic E-state index is -0.704. The molecule has 17 heavy (non-hydrogen) atoms. The van der Waals surface area contributed by atoms with Crippen LogP contribution in [-0.4, -0.2) is 45.4 Å². The molecule has 0 bridgehead atoms. The van der Waals surface area contributed by atoms with Crippen molar-refractivity contribution in [2.45, 2.75) is 38.0 Å². The highest BCUT2D eigenvalue weighted by molar-refractivity contribution is 8.00. The number of nitrogens with two attached hydrogens (primary N) is 1. The summed E-state index contributed by atoms with van der Waals surface area (Å²) >= 11 is 1.89. The first-order valence-electron chi connectivity index (χ1n) is 5.93. The van der Waals surface area contributed by atoms with Crippen molar-refractivity contribution in [2.75, 3.05) is 12.3 Å². The van der Waals surface area contributed by atoms with Crippen molar-refractivity contribution in [3.8, 4) is 0 Å². The van der Waals surface area contributed by atoms with Gasteiger partial charge in [0.05, 0.1) is 0 Å². The molecule has 3 N–H and O–H groups in total. The standard InChI is InChI=1S/C11H19N3O2S/c1-7-8(2)17-6-5-14(7)10(15)11(3-4-11)9(12)13-16/h7-8,16H,3-6H2,1-2H3,(H2,12,13). The predicted octanol–water partition coefficient (Wildman–Crippen LogP) is 0.865. The number of amidine groups is 1. The molecule has 0 aromatic rings.